The van der Waals surface area contributed by atoms with Crippen molar-refractivity contribution in [2.75, 3.05) is 31.6 Å². The summed E-state index contributed by atoms with van der Waals surface area (Å²) in [6.45, 7) is 1.79. The summed E-state index contributed by atoms with van der Waals surface area (Å²) in [5.41, 5.74) is 0.488. The number of sulfonamides is 1. The molecule has 0 spiro atoms. The Bertz CT molecular complexity index is 744. The minimum Gasteiger partial charge on any atom is -0.378 e. The van der Waals surface area contributed by atoms with E-state index in [0.29, 0.717) is 32.0 Å². The van der Waals surface area contributed by atoms with Crippen LogP contribution in [0.4, 0.5) is 5.69 Å². The fraction of sp³-hybridized carbons (Fsp3) is 0.286. The minimum atomic E-state index is -3.75. The van der Waals surface area contributed by atoms with Crippen LogP contribution in [-0.4, -0.2) is 45.5 Å². The monoisotopic (exact) mass is 336 g/mol. The number of hydrogen-bond donors (Lipinski definition) is 2. The molecule has 1 amide bonds. The number of hydrogen-bond acceptors (Lipinski definition) is 6. The number of anilines is 1. The van der Waals surface area contributed by atoms with Crippen molar-refractivity contribution in [2.24, 2.45) is 5.14 Å². The second-order valence-electron chi connectivity index (χ2n) is 4.79. The Balaban J connectivity index is 2.07. The summed E-state index contributed by atoms with van der Waals surface area (Å²) in [7, 11) is -3.75. The lowest BCUT2D eigenvalue weighted by atomic mass is 10.2. The lowest BCUT2D eigenvalue weighted by Gasteiger charge is -2.26. The topological polar surface area (TPSA) is 126 Å². The van der Waals surface area contributed by atoms with Gasteiger partial charge in [0.25, 0.3) is 5.91 Å². The molecule has 1 heterocycles. The lowest BCUT2D eigenvalue weighted by molar-refractivity contribution is -0.130. The molecular formula is C14H16N4O4S. The molecule has 0 aliphatic carbocycles. The van der Waals surface area contributed by atoms with Crippen LogP contribution in [0.25, 0.3) is 0 Å². The number of ether oxygens (including phenoxy) is 1. The molecule has 8 nitrogen and oxygen atoms in total. The Morgan fingerprint density at radius 1 is 1.30 bits per heavy atom. The van der Waals surface area contributed by atoms with Crippen molar-refractivity contribution in [1.29, 1.82) is 5.26 Å². The molecule has 1 fully saturated rings. The molecule has 0 aromatic heterocycles. The molecule has 0 bridgehead atoms. The maximum Gasteiger partial charge on any atom is 0.266 e. The van der Waals surface area contributed by atoms with Crippen LogP contribution in [0, 0.1) is 11.3 Å². The maximum atomic E-state index is 12.2. The Morgan fingerprint density at radius 3 is 2.43 bits per heavy atom. The highest BCUT2D eigenvalue weighted by Crippen LogP contribution is 2.13. The molecule has 0 unspecified atom stereocenters. The fourth-order valence-corrected chi connectivity index (χ4v) is 2.49. The lowest BCUT2D eigenvalue weighted by Crippen LogP contribution is -2.41. The van der Waals surface area contributed by atoms with Gasteiger partial charge in [-0.15, -0.1) is 0 Å². The van der Waals surface area contributed by atoms with E-state index in [1.54, 1.807) is 4.90 Å². The third-order valence-electron chi connectivity index (χ3n) is 3.22. The van der Waals surface area contributed by atoms with Gasteiger partial charge in [-0.3, -0.25) is 4.79 Å². The number of primary sulfonamides is 1. The summed E-state index contributed by atoms with van der Waals surface area (Å²) in [5, 5.41) is 16.9. The number of nitrogens with one attached hydrogen (secondary N) is 1. The van der Waals surface area contributed by atoms with Gasteiger partial charge in [0.05, 0.1) is 18.1 Å². The fourth-order valence-electron chi connectivity index (χ4n) is 1.97. The molecule has 122 valence electrons. The zero-order chi connectivity index (χ0) is 16.9. The van der Waals surface area contributed by atoms with E-state index in [-0.39, 0.29) is 16.4 Å². The van der Waals surface area contributed by atoms with Crippen molar-refractivity contribution < 1.29 is 17.9 Å². The van der Waals surface area contributed by atoms with Crippen molar-refractivity contribution in [1.82, 2.24) is 4.90 Å². The predicted molar refractivity (Wildman–Crippen MR) is 82.5 cm³/mol. The van der Waals surface area contributed by atoms with E-state index in [4.69, 9.17) is 15.1 Å². The van der Waals surface area contributed by atoms with Crippen molar-refractivity contribution in [3.8, 4) is 6.07 Å². The van der Waals surface area contributed by atoms with Gasteiger partial charge < -0.3 is 15.0 Å². The Hall–Kier alpha value is -2.41. The number of benzene rings is 1. The van der Waals surface area contributed by atoms with Gasteiger partial charge >= 0.3 is 0 Å². The summed E-state index contributed by atoms with van der Waals surface area (Å²) in [6, 6.07) is 7.51. The van der Waals surface area contributed by atoms with E-state index in [2.05, 4.69) is 5.32 Å². The first-order chi connectivity index (χ1) is 10.9. The van der Waals surface area contributed by atoms with Gasteiger partial charge in [-0.2, -0.15) is 5.26 Å². The molecule has 9 heteroatoms. The predicted octanol–water partition coefficient (Wildman–Crippen LogP) is 0.0122. The van der Waals surface area contributed by atoms with Gasteiger partial charge in [0.2, 0.25) is 10.0 Å². The molecule has 0 radical (unpaired) electrons. The zero-order valence-electron chi connectivity index (χ0n) is 12.2. The second kappa shape index (κ2) is 7.23. The first-order valence-electron chi connectivity index (χ1n) is 6.78. The molecule has 0 atom stereocenters. The van der Waals surface area contributed by atoms with E-state index < -0.39 is 10.0 Å². The molecule has 2 rings (SSSR count). The number of rotatable bonds is 4. The van der Waals surface area contributed by atoms with Crippen LogP contribution in [0.3, 0.4) is 0 Å². The average molecular weight is 336 g/mol. The van der Waals surface area contributed by atoms with Crippen LogP contribution < -0.4 is 10.5 Å². The molecule has 1 aliphatic rings. The Kier molecular flexibility index (Phi) is 5.33. The summed E-state index contributed by atoms with van der Waals surface area (Å²) in [6.07, 6.45) is 1.30. The second-order valence-corrected chi connectivity index (χ2v) is 6.35. The van der Waals surface area contributed by atoms with E-state index in [1.807, 2.05) is 6.07 Å². The highest BCUT2D eigenvalue weighted by Gasteiger charge is 2.20. The van der Waals surface area contributed by atoms with Gasteiger partial charge in [-0.1, -0.05) is 0 Å². The van der Waals surface area contributed by atoms with Gasteiger partial charge in [0.1, 0.15) is 11.6 Å². The van der Waals surface area contributed by atoms with Gasteiger partial charge in [0, 0.05) is 25.0 Å². The van der Waals surface area contributed by atoms with E-state index in [9.17, 15) is 13.2 Å². The molecule has 1 aromatic carbocycles. The Labute approximate surface area is 134 Å². The van der Waals surface area contributed by atoms with Crippen LogP contribution in [0.15, 0.2) is 40.9 Å². The number of morpholine rings is 1. The van der Waals surface area contributed by atoms with Crippen molar-refractivity contribution in [3.05, 3.63) is 36.0 Å². The summed E-state index contributed by atoms with van der Waals surface area (Å²) in [4.78, 5) is 13.7. The number of amides is 1. The summed E-state index contributed by atoms with van der Waals surface area (Å²) in [5.74, 6) is -0.371. The quantitative estimate of drug-likeness (QED) is 0.589. The highest BCUT2D eigenvalue weighted by atomic mass is 32.2. The average Bonchev–Trinajstić information content (AvgIpc) is 2.55. The third-order valence-corrected chi connectivity index (χ3v) is 4.14. The standard InChI is InChI=1S/C14H16N4O4S/c15-9-11(14(19)18-5-7-22-8-6-18)10-17-12-1-3-13(4-2-12)23(16,20)21/h1-4,10,17H,5-8H2,(H2,16,20,21)/b11-10-. The highest BCUT2D eigenvalue weighted by molar-refractivity contribution is 7.89. The number of nitriles is 1. The maximum absolute atomic E-state index is 12.2. The van der Waals surface area contributed by atoms with Crippen LogP contribution in [-0.2, 0) is 19.6 Å². The number of nitrogens with two attached hydrogens (primary N) is 1. The van der Waals surface area contributed by atoms with Crippen LogP contribution >= 0.6 is 0 Å². The SMILES string of the molecule is N#C/C(=C/Nc1ccc(S(N)(=O)=O)cc1)C(=O)N1CCOCC1. The first-order valence-corrected chi connectivity index (χ1v) is 8.33. The first kappa shape index (κ1) is 17.0. The van der Waals surface area contributed by atoms with Crippen LogP contribution in [0.1, 0.15) is 0 Å². The molecule has 1 aliphatic heterocycles. The van der Waals surface area contributed by atoms with E-state index >= 15 is 0 Å². The molecule has 0 saturated carbocycles. The normalized spacial score (nSPS) is 15.8. The van der Waals surface area contributed by atoms with Gasteiger partial charge in [0.15, 0.2) is 0 Å². The van der Waals surface area contributed by atoms with Crippen molar-refractivity contribution in [2.45, 2.75) is 4.90 Å². The smallest absolute Gasteiger partial charge is 0.266 e. The molecular weight excluding hydrogens is 320 g/mol. The molecule has 1 aromatic rings. The third kappa shape index (κ3) is 4.53. The van der Waals surface area contributed by atoms with Gasteiger partial charge in [-0.05, 0) is 24.3 Å². The molecule has 23 heavy (non-hydrogen) atoms. The van der Waals surface area contributed by atoms with Gasteiger partial charge in [-0.25, -0.2) is 13.6 Å². The van der Waals surface area contributed by atoms with Crippen LogP contribution in [0.5, 0.6) is 0 Å². The molecule has 3 N–H and O–H groups in total. The number of nitrogens with zero attached hydrogens (tertiary/aromatic N) is 2. The minimum absolute atomic E-state index is 0.0167. The largest absolute Gasteiger partial charge is 0.378 e. The number of carbonyl (C=O) groups is 1. The Morgan fingerprint density at radius 2 is 1.91 bits per heavy atom. The van der Waals surface area contributed by atoms with E-state index in [0.717, 1.165) is 0 Å². The van der Waals surface area contributed by atoms with Crippen molar-refractivity contribution >= 4 is 21.6 Å². The zero-order valence-corrected chi connectivity index (χ0v) is 13.0. The van der Waals surface area contributed by atoms with Crippen molar-refractivity contribution in [3.63, 3.8) is 0 Å². The van der Waals surface area contributed by atoms with Crippen LogP contribution in [0.2, 0.25) is 0 Å². The van der Waals surface area contributed by atoms with E-state index in [1.165, 1.54) is 30.5 Å². The molecule has 1 saturated heterocycles. The summed E-state index contributed by atoms with van der Waals surface area (Å²) >= 11 is 0. The number of carbonyl (C=O) groups excluding carboxylic acids is 1. The summed E-state index contributed by atoms with van der Waals surface area (Å²) < 4.78 is 27.5.